The number of carbonyl (C=O) groups is 2. The Kier molecular flexibility index (Phi) is 12.6. The minimum Gasteiger partial charge on any atom is -0.489 e. The van der Waals surface area contributed by atoms with Gasteiger partial charge in [0.2, 0.25) is 5.91 Å². The Hall–Kier alpha value is -5.51. The van der Waals surface area contributed by atoms with Crippen LogP contribution in [0.3, 0.4) is 0 Å². The number of aliphatic carboxylic acids is 1. The molecule has 1 amide bonds. The van der Waals surface area contributed by atoms with E-state index in [0.29, 0.717) is 58.5 Å². The van der Waals surface area contributed by atoms with E-state index in [1.54, 1.807) is 12.1 Å². The number of amides is 1. The first-order valence-electron chi connectivity index (χ1n) is 19.9. The molecule has 60 heavy (non-hydrogen) atoms. The molecule has 0 saturated carbocycles. The van der Waals surface area contributed by atoms with Gasteiger partial charge in [0.15, 0.2) is 17.6 Å². The summed E-state index contributed by atoms with van der Waals surface area (Å²) in [5.74, 6) is 0.521. The van der Waals surface area contributed by atoms with E-state index < -0.39 is 18.1 Å². The van der Waals surface area contributed by atoms with Crippen molar-refractivity contribution in [2.45, 2.75) is 63.6 Å². The third kappa shape index (κ3) is 9.43. The first-order chi connectivity index (χ1) is 29.1. The lowest BCUT2D eigenvalue weighted by molar-refractivity contribution is -0.143. The number of hydrogen-bond acceptors (Lipinski definition) is 6. The number of carbonyl (C=O) groups excluding carboxylic acids is 1. The Labute approximate surface area is 364 Å². The van der Waals surface area contributed by atoms with Crippen molar-refractivity contribution in [1.82, 2.24) is 10.2 Å². The summed E-state index contributed by atoms with van der Waals surface area (Å²) in [5.41, 5.74) is 7.71. The number of fused-ring (bicyclic) bond motifs is 2. The molecule has 0 radical (unpaired) electrons. The highest BCUT2D eigenvalue weighted by molar-refractivity contribution is 6.42. The third-order valence-electron chi connectivity index (χ3n) is 11.2. The second-order valence-corrected chi connectivity index (χ2v) is 16.4. The lowest BCUT2D eigenvalue weighted by Gasteiger charge is -2.42. The van der Waals surface area contributed by atoms with Crippen LogP contribution in [0.5, 0.6) is 17.2 Å². The lowest BCUT2D eigenvalue weighted by atomic mass is 9.89. The number of benzene rings is 6. The maximum atomic E-state index is 14.4. The fourth-order valence-electron chi connectivity index (χ4n) is 8.00. The fraction of sp³-hybridized carbons (Fsp3) is 0.224. The van der Waals surface area contributed by atoms with Gasteiger partial charge in [-0.25, -0.2) is 4.79 Å². The monoisotopic (exact) mass is 860 g/mol. The number of nitrogens with zero attached hydrogens (tertiary/aromatic N) is 1. The lowest BCUT2D eigenvalue weighted by Crippen LogP contribution is -2.55. The zero-order chi connectivity index (χ0) is 41.8. The SMILES string of the molecule is CC[C@@H](c1ccccc1)N1Cc2cc3c(cc2C[C@H]1C(=O)NC(Cc1ccc(-c2ccc(Cl)cc2)cc1)C(=O)O)OC[C@H](c1ccc(OCc2ccc(Cl)c(Cl)c2)cc1)O3. The molecule has 2 aliphatic rings. The van der Waals surface area contributed by atoms with E-state index in [2.05, 4.69) is 29.3 Å². The molecule has 2 aliphatic heterocycles. The number of carboxylic acids is 1. The summed E-state index contributed by atoms with van der Waals surface area (Å²) in [6, 6.07) is 40.7. The zero-order valence-corrected chi connectivity index (χ0v) is 35.1. The molecule has 6 aromatic rings. The molecule has 4 atom stereocenters. The second kappa shape index (κ2) is 18.4. The minimum atomic E-state index is -1.13. The summed E-state index contributed by atoms with van der Waals surface area (Å²) in [7, 11) is 0. The van der Waals surface area contributed by atoms with Crippen LogP contribution < -0.4 is 19.5 Å². The summed E-state index contributed by atoms with van der Waals surface area (Å²) >= 11 is 18.3. The van der Waals surface area contributed by atoms with Crippen LogP contribution >= 0.6 is 34.8 Å². The van der Waals surface area contributed by atoms with Crippen LogP contribution in [-0.2, 0) is 35.6 Å². The highest BCUT2D eigenvalue weighted by Crippen LogP contribution is 2.43. The van der Waals surface area contributed by atoms with E-state index in [4.69, 9.17) is 49.0 Å². The molecular formula is C49H43Cl3N2O6. The Morgan fingerprint density at radius 2 is 1.48 bits per heavy atom. The molecule has 8 nitrogen and oxygen atoms in total. The highest BCUT2D eigenvalue weighted by Gasteiger charge is 2.38. The zero-order valence-electron chi connectivity index (χ0n) is 32.8. The quantitative estimate of drug-likeness (QED) is 0.119. The molecule has 6 aromatic carbocycles. The van der Waals surface area contributed by atoms with Crippen LogP contribution in [-0.4, -0.2) is 40.6 Å². The maximum absolute atomic E-state index is 14.4. The van der Waals surface area contributed by atoms with Crippen LogP contribution in [0.15, 0.2) is 133 Å². The molecule has 0 bridgehead atoms. The van der Waals surface area contributed by atoms with Crippen molar-refractivity contribution in [3.05, 3.63) is 182 Å². The van der Waals surface area contributed by atoms with Crippen LogP contribution in [0.25, 0.3) is 11.1 Å². The summed E-state index contributed by atoms with van der Waals surface area (Å²) in [5, 5.41) is 14.9. The Morgan fingerprint density at radius 3 is 2.17 bits per heavy atom. The van der Waals surface area contributed by atoms with Crippen molar-refractivity contribution in [2.75, 3.05) is 6.61 Å². The van der Waals surface area contributed by atoms with Gasteiger partial charge in [0.25, 0.3) is 0 Å². The number of ether oxygens (including phenoxy) is 3. The van der Waals surface area contributed by atoms with Gasteiger partial charge in [-0.3, -0.25) is 9.69 Å². The van der Waals surface area contributed by atoms with Gasteiger partial charge in [0.1, 0.15) is 25.0 Å². The number of carboxylic acid groups (broad SMARTS) is 1. The van der Waals surface area contributed by atoms with Gasteiger partial charge < -0.3 is 24.6 Å². The molecule has 1 unspecified atom stereocenters. The van der Waals surface area contributed by atoms with E-state index in [1.807, 2.05) is 109 Å². The Morgan fingerprint density at radius 1 is 0.800 bits per heavy atom. The van der Waals surface area contributed by atoms with Gasteiger partial charge in [-0.2, -0.15) is 0 Å². The molecule has 306 valence electrons. The molecule has 0 fully saturated rings. The Balaban J connectivity index is 0.990. The molecule has 0 aliphatic carbocycles. The summed E-state index contributed by atoms with van der Waals surface area (Å²) in [6.45, 7) is 3.21. The smallest absolute Gasteiger partial charge is 0.326 e. The van der Waals surface area contributed by atoms with E-state index >= 15 is 0 Å². The molecule has 8 rings (SSSR count). The van der Waals surface area contributed by atoms with Crippen LogP contribution in [0.2, 0.25) is 15.1 Å². The molecule has 0 aromatic heterocycles. The van der Waals surface area contributed by atoms with Crippen molar-refractivity contribution < 1.29 is 28.9 Å². The summed E-state index contributed by atoms with van der Waals surface area (Å²) in [6.07, 6.45) is 0.907. The molecule has 11 heteroatoms. The van der Waals surface area contributed by atoms with Gasteiger partial charge in [0.05, 0.1) is 16.1 Å². The molecule has 2 N–H and O–H groups in total. The topological polar surface area (TPSA) is 97.3 Å². The molecular weight excluding hydrogens is 819 g/mol. The number of nitrogens with one attached hydrogen (secondary N) is 1. The van der Waals surface area contributed by atoms with Crippen molar-refractivity contribution in [1.29, 1.82) is 0 Å². The highest BCUT2D eigenvalue weighted by atomic mass is 35.5. The molecule has 2 heterocycles. The first kappa shape index (κ1) is 41.2. The first-order valence-corrected chi connectivity index (χ1v) is 21.1. The molecule has 0 spiro atoms. The van der Waals surface area contributed by atoms with E-state index in [-0.39, 0.29) is 24.5 Å². The number of hydrogen-bond donors (Lipinski definition) is 2. The van der Waals surface area contributed by atoms with Crippen molar-refractivity contribution in [3.8, 4) is 28.4 Å². The van der Waals surface area contributed by atoms with Crippen LogP contribution in [0.4, 0.5) is 0 Å². The van der Waals surface area contributed by atoms with Crippen LogP contribution in [0, 0.1) is 0 Å². The third-order valence-corrected chi connectivity index (χ3v) is 12.2. The van der Waals surface area contributed by atoms with Gasteiger partial charge >= 0.3 is 5.97 Å². The molecule has 0 saturated heterocycles. The van der Waals surface area contributed by atoms with E-state index in [1.165, 1.54) is 0 Å². The van der Waals surface area contributed by atoms with Crippen molar-refractivity contribution in [2.24, 2.45) is 0 Å². The van der Waals surface area contributed by atoms with Crippen molar-refractivity contribution >= 4 is 46.7 Å². The Bertz CT molecular complexity index is 2460. The predicted octanol–water partition coefficient (Wildman–Crippen LogP) is 11.1. The van der Waals surface area contributed by atoms with E-state index in [0.717, 1.165) is 50.9 Å². The average Bonchev–Trinajstić information content (AvgIpc) is 3.26. The average molecular weight is 862 g/mol. The predicted molar refractivity (Wildman–Crippen MR) is 235 cm³/mol. The minimum absolute atomic E-state index is 0.0999. The standard InChI is InChI=1S/C49H43Cl3N2O6/c1-2-43(34-6-4-3-5-7-34)54-27-37-26-46-45(59-29-47(60-46)35-15-19-39(20-16-35)58-28-31-10-21-40(51)41(52)22-31)25-36(37)24-44(54)48(55)53-42(49(56)57)23-30-8-11-32(12-9-30)33-13-17-38(50)18-14-33/h3-22,25-26,42-44,47H,2,23-24,27-29H2,1H3,(H,53,55)(H,56,57)/t42?,43-,44-,47+/m0/s1. The normalized spacial score (nSPS) is 16.9. The second-order valence-electron chi connectivity index (χ2n) is 15.1. The fourth-order valence-corrected chi connectivity index (χ4v) is 8.44. The van der Waals surface area contributed by atoms with Gasteiger partial charge in [0, 0.05) is 24.0 Å². The van der Waals surface area contributed by atoms with Crippen LogP contribution in [0.1, 0.15) is 58.9 Å². The number of rotatable bonds is 13. The maximum Gasteiger partial charge on any atom is 0.326 e. The van der Waals surface area contributed by atoms with E-state index in [9.17, 15) is 14.7 Å². The van der Waals surface area contributed by atoms with Gasteiger partial charge in [-0.1, -0.05) is 127 Å². The van der Waals surface area contributed by atoms with Gasteiger partial charge in [-0.05, 0) is 106 Å². The summed E-state index contributed by atoms with van der Waals surface area (Å²) in [4.78, 5) is 29.2. The largest absolute Gasteiger partial charge is 0.489 e. The van der Waals surface area contributed by atoms with Gasteiger partial charge in [-0.15, -0.1) is 0 Å². The van der Waals surface area contributed by atoms with Crippen molar-refractivity contribution in [3.63, 3.8) is 0 Å². The number of halogens is 3. The summed E-state index contributed by atoms with van der Waals surface area (Å²) < 4.78 is 18.9.